The summed E-state index contributed by atoms with van der Waals surface area (Å²) < 4.78 is 5.40. The van der Waals surface area contributed by atoms with Crippen molar-refractivity contribution >= 4 is 29.5 Å². The Balaban J connectivity index is 2.08. The molecule has 1 aliphatic rings. The van der Waals surface area contributed by atoms with E-state index in [1.807, 2.05) is 30.3 Å². The molecule has 0 bridgehead atoms. The largest absolute Gasteiger partial charge is 0.444 e. The van der Waals surface area contributed by atoms with Crippen molar-refractivity contribution in [1.82, 2.24) is 15.5 Å². The van der Waals surface area contributed by atoms with Crippen LogP contribution in [0.15, 0.2) is 54.6 Å². The van der Waals surface area contributed by atoms with Crippen molar-refractivity contribution in [2.75, 3.05) is 19.1 Å². The van der Waals surface area contributed by atoms with Crippen LogP contribution in [-0.4, -0.2) is 58.7 Å². The van der Waals surface area contributed by atoms with E-state index in [0.717, 1.165) is 16.0 Å². The molecule has 4 amide bonds. The third kappa shape index (κ3) is 6.89. The van der Waals surface area contributed by atoms with Gasteiger partial charge in [0.25, 0.3) is 0 Å². The Kier molecular flexibility index (Phi) is 9.11. The van der Waals surface area contributed by atoms with Crippen LogP contribution in [0.1, 0.15) is 57.1 Å². The minimum absolute atomic E-state index is 0.0318. The highest BCUT2D eigenvalue weighted by Crippen LogP contribution is 2.37. The van der Waals surface area contributed by atoms with Gasteiger partial charge < -0.3 is 15.4 Å². The molecule has 0 unspecified atom stereocenters. The first-order valence-corrected chi connectivity index (χ1v) is 12.6. The minimum atomic E-state index is -1.55. The number of ether oxygens (including phenoxy) is 1. The first-order chi connectivity index (χ1) is 18.0. The van der Waals surface area contributed by atoms with Crippen LogP contribution in [0.4, 0.5) is 10.5 Å². The monoisotopic (exact) mass is 524 g/mol. The van der Waals surface area contributed by atoms with Crippen molar-refractivity contribution in [3.8, 4) is 0 Å². The van der Waals surface area contributed by atoms with Crippen LogP contribution in [-0.2, 0) is 25.5 Å². The Morgan fingerprint density at radius 3 is 2.13 bits per heavy atom. The van der Waals surface area contributed by atoms with E-state index in [9.17, 15) is 24.4 Å². The van der Waals surface area contributed by atoms with Crippen LogP contribution < -0.4 is 16.1 Å². The molecule has 1 aliphatic heterocycles. The predicted octanol–water partition coefficient (Wildman–Crippen LogP) is 3.36. The van der Waals surface area contributed by atoms with E-state index in [0.29, 0.717) is 5.69 Å². The summed E-state index contributed by atoms with van der Waals surface area (Å²) in [5.74, 6) is -1.79. The number of likely N-dealkylation sites (N-methyl/N-ethyl adjacent to an activating group) is 1. The van der Waals surface area contributed by atoms with E-state index < -0.39 is 40.9 Å². The average molecular weight is 525 g/mol. The van der Waals surface area contributed by atoms with E-state index in [1.165, 1.54) is 7.05 Å². The zero-order valence-corrected chi connectivity index (χ0v) is 22.2. The molecule has 10 heteroatoms. The minimum Gasteiger partial charge on any atom is -0.444 e. The predicted molar refractivity (Wildman–Crippen MR) is 141 cm³/mol. The molecule has 1 fully saturated rings. The van der Waals surface area contributed by atoms with Crippen LogP contribution in [0.25, 0.3) is 0 Å². The summed E-state index contributed by atoms with van der Waals surface area (Å²) in [4.78, 5) is 53.5. The van der Waals surface area contributed by atoms with Gasteiger partial charge in [-0.1, -0.05) is 42.5 Å². The van der Waals surface area contributed by atoms with E-state index >= 15 is 0 Å². The third-order valence-electron chi connectivity index (χ3n) is 6.46. The van der Waals surface area contributed by atoms with Crippen LogP contribution in [0, 0.1) is 0 Å². The molecule has 4 N–H and O–H groups in total. The van der Waals surface area contributed by atoms with Crippen molar-refractivity contribution in [1.29, 1.82) is 0 Å². The molecule has 10 nitrogen and oxygen atoms in total. The van der Waals surface area contributed by atoms with Gasteiger partial charge in [0.2, 0.25) is 17.7 Å². The highest BCUT2D eigenvalue weighted by Gasteiger charge is 2.52. The fourth-order valence-electron chi connectivity index (χ4n) is 4.80. The van der Waals surface area contributed by atoms with Crippen molar-refractivity contribution in [2.45, 2.75) is 63.5 Å². The number of anilines is 1. The van der Waals surface area contributed by atoms with Crippen LogP contribution in [0.2, 0.25) is 0 Å². The molecule has 1 heterocycles. The number of benzene rings is 2. The van der Waals surface area contributed by atoms with Gasteiger partial charge in [0.1, 0.15) is 11.1 Å². The van der Waals surface area contributed by atoms with E-state index in [1.54, 1.807) is 45.0 Å². The zero-order valence-electron chi connectivity index (χ0n) is 22.2. The number of hydrogen-bond donors (Lipinski definition) is 4. The molecule has 0 aliphatic carbocycles. The zero-order chi connectivity index (χ0) is 27.9. The van der Waals surface area contributed by atoms with Gasteiger partial charge in [0, 0.05) is 38.8 Å². The molecule has 38 heavy (non-hydrogen) atoms. The first kappa shape index (κ1) is 28.6. The summed E-state index contributed by atoms with van der Waals surface area (Å²) in [6, 6.07) is 16.0. The lowest BCUT2D eigenvalue weighted by atomic mass is 9.77. The lowest BCUT2D eigenvalue weighted by Crippen LogP contribution is -2.62. The second-order valence-electron chi connectivity index (χ2n) is 10.4. The fraction of sp³-hybridized carbons (Fsp3) is 0.429. The lowest BCUT2D eigenvalue weighted by molar-refractivity contribution is -0.154. The van der Waals surface area contributed by atoms with Gasteiger partial charge in [-0.3, -0.25) is 30.0 Å². The Bertz CT molecular complexity index is 1130. The summed E-state index contributed by atoms with van der Waals surface area (Å²) in [6.45, 7) is 5.34. The summed E-state index contributed by atoms with van der Waals surface area (Å²) in [5.41, 5.74) is 1.80. The Morgan fingerprint density at radius 2 is 1.61 bits per heavy atom. The summed E-state index contributed by atoms with van der Waals surface area (Å²) in [5, 5.41) is 14.7. The number of nitrogens with one attached hydrogen (secondary N) is 3. The number of imide groups is 1. The van der Waals surface area contributed by atoms with Crippen LogP contribution >= 0.6 is 0 Å². The Labute approximate surface area is 222 Å². The molecular weight excluding hydrogens is 488 g/mol. The number of amides is 4. The van der Waals surface area contributed by atoms with Gasteiger partial charge >= 0.3 is 6.09 Å². The Hall–Kier alpha value is -3.92. The Morgan fingerprint density at radius 1 is 1.00 bits per heavy atom. The van der Waals surface area contributed by atoms with Crippen molar-refractivity contribution in [2.24, 2.45) is 0 Å². The summed E-state index contributed by atoms with van der Waals surface area (Å²) >= 11 is 0. The lowest BCUT2D eigenvalue weighted by Gasteiger charge is -2.41. The normalized spacial score (nSPS) is 16.0. The molecule has 0 spiro atoms. The summed E-state index contributed by atoms with van der Waals surface area (Å²) in [6.07, 6.45) is -0.419. The number of rotatable bonds is 10. The highest BCUT2D eigenvalue weighted by atomic mass is 16.6. The molecular formula is C28H36N4O6. The maximum absolute atomic E-state index is 13.7. The van der Waals surface area contributed by atoms with Gasteiger partial charge in [-0.15, -0.1) is 0 Å². The molecule has 0 aromatic heterocycles. The molecule has 3 rings (SSSR count). The number of alkyl carbamates (subject to hydrolysis) is 1. The standard InChI is InChI=1S/C28H36N4O6/c1-27(2,3)38-26(36)30-18-21(20-10-12-22(31-37)13-11-20)17-28(25(35)29-4,16-19-8-6-5-7-9-19)32-23(33)14-15-24(32)34/h5-13,21,31,37H,14-18H2,1-4H3,(H,29,35)(H,30,36)/t21-,28+/m0/s1. The number of likely N-dealkylation sites (tertiary alicyclic amines) is 1. The quantitative estimate of drug-likeness (QED) is 0.276. The SMILES string of the molecule is CNC(=O)[C@@](Cc1ccccc1)(C[C@@H](CNC(=O)OC(C)(C)C)c1ccc(NO)cc1)N1C(=O)CCC1=O. The van der Waals surface area contributed by atoms with Crippen molar-refractivity contribution in [3.05, 3.63) is 65.7 Å². The molecule has 0 radical (unpaired) electrons. The third-order valence-corrected chi connectivity index (χ3v) is 6.46. The second-order valence-corrected chi connectivity index (χ2v) is 10.4. The average Bonchev–Trinajstić information content (AvgIpc) is 3.23. The number of hydrogen-bond acceptors (Lipinski definition) is 7. The molecule has 204 valence electrons. The fourth-order valence-corrected chi connectivity index (χ4v) is 4.80. The van der Waals surface area contributed by atoms with Gasteiger partial charge in [-0.25, -0.2) is 4.79 Å². The number of carbonyl (C=O) groups excluding carboxylic acids is 4. The van der Waals surface area contributed by atoms with Gasteiger partial charge in [-0.2, -0.15) is 0 Å². The van der Waals surface area contributed by atoms with Crippen molar-refractivity contribution in [3.63, 3.8) is 0 Å². The van der Waals surface area contributed by atoms with Gasteiger partial charge in [0.05, 0.1) is 5.69 Å². The summed E-state index contributed by atoms with van der Waals surface area (Å²) in [7, 11) is 1.47. The molecule has 2 aromatic carbocycles. The van der Waals surface area contributed by atoms with Crippen molar-refractivity contribution < 1.29 is 29.1 Å². The van der Waals surface area contributed by atoms with Crippen LogP contribution in [0.3, 0.4) is 0 Å². The molecule has 2 atom stereocenters. The second kappa shape index (κ2) is 12.1. The number of carbonyl (C=O) groups is 4. The first-order valence-electron chi connectivity index (χ1n) is 12.6. The van der Waals surface area contributed by atoms with Gasteiger partial charge in [-0.05, 0) is 50.5 Å². The number of nitrogens with zero attached hydrogens (tertiary/aromatic N) is 1. The molecule has 1 saturated heterocycles. The van der Waals surface area contributed by atoms with E-state index in [-0.39, 0.29) is 32.2 Å². The van der Waals surface area contributed by atoms with Crippen LogP contribution in [0.5, 0.6) is 0 Å². The highest BCUT2D eigenvalue weighted by molar-refractivity contribution is 6.07. The van der Waals surface area contributed by atoms with E-state index in [4.69, 9.17) is 4.74 Å². The molecule has 2 aromatic rings. The van der Waals surface area contributed by atoms with Gasteiger partial charge in [0.15, 0.2) is 0 Å². The molecule has 0 saturated carbocycles. The topological polar surface area (TPSA) is 137 Å². The smallest absolute Gasteiger partial charge is 0.407 e. The van der Waals surface area contributed by atoms with E-state index in [2.05, 4.69) is 16.1 Å². The maximum Gasteiger partial charge on any atom is 0.407 e. The maximum atomic E-state index is 13.7.